The smallest absolute Gasteiger partial charge is 0.318 e. The third-order valence-electron chi connectivity index (χ3n) is 4.10. The summed E-state index contributed by atoms with van der Waals surface area (Å²) in [4.78, 5) is 23.9. The van der Waals surface area contributed by atoms with Crippen LogP contribution in [0.15, 0.2) is 0 Å². The van der Waals surface area contributed by atoms with Gasteiger partial charge in [-0.25, -0.2) is 0 Å². The summed E-state index contributed by atoms with van der Waals surface area (Å²) < 4.78 is 5.35. The van der Waals surface area contributed by atoms with Gasteiger partial charge in [-0.3, -0.25) is 9.59 Å². The van der Waals surface area contributed by atoms with Crippen LogP contribution >= 0.6 is 11.8 Å². The van der Waals surface area contributed by atoms with Crippen LogP contribution in [0.25, 0.3) is 0 Å². The largest absolute Gasteiger partial charge is 0.465 e. The Hall–Kier alpha value is -0.510. The van der Waals surface area contributed by atoms with Gasteiger partial charge in [0.2, 0.25) is 0 Å². The van der Waals surface area contributed by atoms with E-state index in [-0.39, 0.29) is 22.6 Å². The number of carbonyl (C=O) groups is 2. The highest BCUT2D eigenvalue weighted by atomic mass is 32.2. The molecule has 1 rings (SSSR count). The van der Waals surface area contributed by atoms with Gasteiger partial charge in [-0.15, -0.1) is 0 Å². The molecule has 0 spiro atoms. The van der Waals surface area contributed by atoms with Crippen molar-refractivity contribution in [3.05, 3.63) is 0 Å². The molecule has 0 heterocycles. The molecule has 4 heteroatoms. The Morgan fingerprint density at radius 3 is 2.20 bits per heavy atom. The first kappa shape index (κ1) is 17.5. The highest BCUT2D eigenvalue weighted by molar-refractivity contribution is 7.99. The summed E-state index contributed by atoms with van der Waals surface area (Å²) in [6.07, 6.45) is 5.78. The van der Waals surface area contributed by atoms with Crippen molar-refractivity contribution in [2.45, 2.75) is 58.6 Å². The molecule has 0 N–H and O–H groups in total. The molecule has 116 valence electrons. The normalized spacial score (nSPS) is 25.1. The van der Waals surface area contributed by atoms with Gasteiger partial charge in [0.15, 0.2) is 0 Å². The topological polar surface area (TPSA) is 43.4 Å². The quantitative estimate of drug-likeness (QED) is 0.726. The van der Waals surface area contributed by atoms with Crippen LogP contribution in [-0.4, -0.2) is 29.9 Å². The lowest BCUT2D eigenvalue weighted by atomic mass is 9.74. The second-order valence-electron chi connectivity index (χ2n) is 6.84. The minimum Gasteiger partial charge on any atom is -0.465 e. The van der Waals surface area contributed by atoms with E-state index in [2.05, 4.69) is 0 Å². The van der Waals surface area contributed by atoms with Gasteiger partial charge in [0, 0.05) is 11.3 Å². The van der Waals surface area contributed by atoms with Gasteiger partial charge in [0.05, 0.1) is 11.9 Å². The minimum atomic E-state index is -0.238. The molecule has 1 aliphatic rings. The molecule has 0 radical (unpaired) electrons. The number of hydrogen-bond acceptors (Lipinski definition) is 4. The maximum absolute atomic E-state index is 12.2. The number of carbonyl (C=O) groups excluding carboxylic acids is 2. The van der Waals surface area contributed by atoms with E-state index in [1.165, 1.54) is 11.8 Å². The molecule has 0 aromatic carbocycles. The van der Waals surface area contributed by atoms with Crippen LogP contribution in [0.1, 0.15) is 53.4 Å². The average molecular weight is 300 g/mol. The fraction of sp³-hybridized carbons (Fsp3) is 0.875. The van der Waals surface area contributed by atoms with Gasteiger partial charge in [-0.1, -0.05) is 20.8 Å². The Balaban J connectivity index is 2.33. The van der Waals surface area contributed by atoms with Gasteiger partial charge in [-0.2, -0.15) is 11.8 Å². The molecule has 1 atom stereocenters. The summed E-state index contributed by atoms with van der Waals surface area (Å²) in [6.45, 7) is 8.36. The number of Topliss-reactive ketones (excluding diaryl/α,β-unsaturated/α-hetero) is 1. The van der Waals surface area contributed by atoms with Crippen molar-refractivity contribution in [3.63, 3.8) is 0 Å². The summed E-state index contributed by atoms with van der Waals surface area (Å²) in [5.74, 6) is 0.887. The van der Waals surface area contributed by atoms with Gasteiger partial charge < -0.3 is 4.74 Å². The molecule has 20 heavy (non-hydrogen) atoms. The molecular weight excluding hydrogens is 272 g/mol. The van der Waals surface area contributed by atoms with E-state index in [1.54, 1.807) is 0 Å². The lowest BCUT2D eigenvalue weighted by Gasteiger charge is -2.31. The summed E-state index contributed by atoms with van der Waals surface area (Å²) in [5, 5.41) is -0.0891. The van der Waals surface area contributed by atoms with Crippen molar-refractivity contribution >= 4 is 23.5 Å². The molecule has 1 unspecified atom stereocenters. The molecule has 3 nitrogen and oxygen atoms in total. The zero-order chi connectivity index (χ0) is 15.3. The predicted octanol–water partition coefficient (Wildman–Crippen LogP) is 3.70. The van der Waals surface area contributed by atoms with Crippen LogP contribution in [-0.2, 0) is 14.3 Å². The van der Waals surface area contributed by atoms with E-state index in [1.807, 2.05) is 34.0 Å². The second-order valence-corrected chi connectivity index (χ2v) is 8.02. The molecule has 1 fully saturated rings. The summed E-state index contributed by atoms with van der Waals surface area (Å²) in [5.41, 5.74) is -0.238. The predicted molar refractivity (Wildman–Crippen MR) is 83.8 cm³/mol. The van der Waals surface area contributed by atoms with Crippen LogP contribution in [0, 0.1) is 17.3 Å². The Labute approximate surface area is 127 Å². The van der Waals surface area contributed by atoms with E-state index < -0.39 is 0 Å². The first-order valence-corrected chi connectivity index (χ1v) is 8.78. The van der Waals surface area contributed by atoms with Crippen molar-refractivity contribution in [1.82, 2.24) is 0 Å². The minimum absolute atomic E-state index is 0.0891. The lowest BCUT2D eigenvalue weighted by Crippen LogP contribution is -2.32. The molecule has 0 bridgehead atoms. The maximum atomic E-state index is 12.2. The third kappa shape index (κ3) is 5.12. The van der Waals surface area contributed by atoms with Gasteiger partial charge in [0.1, 0.15) is 5.78 Å². The van der Waals surface area contributed by atoms with E-state index in [0.29, 0.717) is 18.3 Å². The van der Waals surface area contributed by atoms with E-state index >= 15 is 0 Å². The Morgan fingerprint density at radius 2 is 1.75 bits per heavy atom. The van der Waals surface area contributed by atoms with Crippen molar-refractivity contribution in [3.8, 4) is 0 Å². The number of rotatable bonds is 5. The molecule has 0 saturated heterocycles. The summed E-state index contributed by atoms with van der Waals surface area (Å²) in [7, 11) is 0. The third-order valence-corrected chi connectivity index (χ3v) is 5.00. The molecule has 1 aliphatic carbocycles. The van der Waals surface area contributed by atoms with Gasteiger partial charge in [0.25, 0.3) is 0 Å². The summed E-state index contributed by atoms with van der Waals surface area (Å²) in [6, 6.07) is 0. The van der Waals surface area contributed by atoms with Crippen LogP contribution in [0.3, 0.4) is 0 Å². The molecule has 1 saturated carbocycles. The first-order valence-electron chi connectivity index (χ1n) is 7.49. The lowest BCUT2D eigenvalue weighted by molar-refractivity contribution is -0.145. The van der Waals surface area contributed by atoms with Crippen LogP contribution in [0.4, 0.5) is 0 Å². The van der Waals surface area contributed by atoms with Gasteiger partial charge in [-0.05, 0) is 44.8 Å². The molecule has 0 amide bonds. The highest BCUT2D eigenvalue weighted by Gasteiger charge is 2.33. The SMILES string of the molecule is CSC(C)C(=O)OCC1CCC(C(=O)C(C)(C)C)CC1. The van der Waals surface area contributed by atoms with Crippen LogP contribution in [0.2, 0.25) is 0 Å². The first-order chi connectivity index (χ1) is 9.25. The average Bonchev–Trinajstić information content (AvgIpc) is 2.42. The molecule has 0 aromatic heterocycles. The number of hydrogen-bond donors (Lipinski definition) is 0. The summed E-state index contributed by atoms with van der Waals surface area (Å²) >= 11 is 1.51. The maximum Gasteiger partial charge on any atom is 0.318 e. The Bertz CT molecular complexity index is 338. The van der Waals surface area contributed by atoms with Crippen molar-refractivity contribution in [2.24, 2.45) is 17.3 Å². The van der Waals surface area contributed by atoms with Crippen LogP contribution < -0.4 is 0 Å². The molecule has 0 aromatic rings. The number of esters is 1. The van der Waals surface area contributed by atoms with Crippen molar-refractivity contribution < 1.29 is 14.3 Å². The number of ether oxygens (including phenoxy) is 1. The standard InChI is InChI=1S/C16H28O3S/c1-11(20-5)15(18)19-10-12-6-8-13(9-7-12)14(17)16(2,3)4/h11-13H,6-10H2,1-5H3. The monoisotopic (exact) mass is 300 g/mol. The van der Waals surface area contributed by atoms with Gasteiger partial charge >= 0.3 is 5.97 Å². The fourth-order valence-corrected chi connectivity index (χ4v) is 2.88. The van der Waals surface area contributed by atoms with Crippen molar-refractivity contribution in [2.75, 3.05) is 12.9 Å². The second kappa shape index (κ2) is 7.48. The molecule has 0 aliphatic heterocycles. The Kier molecular flexibility index (Phi) is 6.56. The van der Waals surface area contributed by atoms with E-state index in [4.69, 9.17) is 4.74 Å². The number of ketones is 1. The van der Waals surface area contributed by atoms with Crippen molar-refractivity contribution in [1.29, 1.82) is 0 Å². The Morgan fingerprint density at radius 1 is 1.20 bits per heavy atom. The highest BCUT2D eigenvalue weighted by Crippen LogP contribution is 2.34. The number of thioether (sulfide) groups is 1. The fourth-order valence-electron chi connectivity index (χ4n) is 2.62. The van der Waals surface area contributed by atoms with E-state index in [0.717, 1.165) is 25.7 Å². The molecular formula is C16H28O3S. The van der Waals surface area contributed by atoms with Crippen LogP contribution in [0.5, 0.6) is 0 Å². The van der Waals surface area contributed by atoms with E-state index in [9.17, 15) is 9.59 Å². The zero-order valence-corrected chi connectivity index (χ0v) is 14.2. The zero-order valence-electron chi connectivity index (χ0n) is 13.4.